The third-order valence-electron chi connectivity index (χ3n) is 5.35. The Morgan fingerprint density at radius 2 is 2.08 bits per heavy atom. The summed E-state index contributed by atoms with van der Waals surface area (Å²) in [6.07, 6.45) is 7.21. The molecule has 138 valence electrons. The van der Waals surface area contributed by atoms with Crippen LogP contribution in [0.15, 0.2) is 6.20 Å². The highest BCUT2D eigenvalue weighted by Crippen LogP contribution is 2.26. The number of nitrogens with one attached hydrogen (secondary N) is 1. The summed E-state index contributed by atoms with van der Waals surface area (Å²) in [5.74, 6) is 1.69. The summed E-state index contributed by atoms with van der Waals surface area (Å²) in [6.45, 7) is 7.78. The van der Waals surface area contributed by atoms with Gasteiger partial charge in [0.25, 0.3) is 0 Å². The highest BCUT2D eigenvalue weighted by molar-refractivity contribution is 5.78. The van der Waals surface area contributed by atoms with Crippen molar-refractivity contribution in [2.24, 2.45) is 5.92 Å². The van der Waals surface area contributed by atoms with Crippen LogP contribution in [-0.4, -0.2) is 38.9 Å². The second-order valence-electron chi connectivity index (χ2n) is 7.85. The predicted molar refractivity (Wildman–Crippen MR) is 95.9 cm³/mol. The number of carbonyl (C=O) groups excluding carboxylic acids is 2. The van der Waals surface area contributed by atoms with Gasteiger partial charge in [-0.2, -0.15) is 0 Å². The zero-order chi connectivity index (χ0) is 18.0. The molecule has 2 aliphatic rings. The number of hydrogen-bond acceptors (Lipinski definition) is 3. The van der Waals surface area contributed by atoms with E-state index >= 15 is 0 Å². The molecule has 3 rings (SSSR count). The van der Waals surface area contributed by atoms with Gasteiger partial charge in [0.05, 0.1) is 18.2 Å². The fourth-order valence-electron chi connectivity index (χ4n) is 3.52. The molecule has 0 aromatic carbocycles. The summed E-state index contributed by atoms with van der Waals surface area (Å²) < 4.78 is 2.10. The lowest BCUT2D eigenvalue weighted by molar-refractivity contribution is -0.134. The van der Waals surface area contributed by atoms with Gasteiger partial charge in [0.15, 0.2) is 0 Å². The second-order valence-corrected chi connectivity index (χ2v) is 7.85. The Bertz CT molecular complexity index is 633. The smallest absolute Gasteiger partial charge is 0.226 e. The van der Waals surface area contributed by atoms with E-state index in [1.165, 1.54) is 6.42 Å². The maximum absolute atomic E-state index is 12.5. The lowest BCUT2D eigenvalue weighted by Crippen LogP contribution is -2.41. The molecule has 0 bridgehead atoms. The monoisotopic (exact) mass is 346 g/mol. The fourth-order valence-corrected chi connectivity index (χ4v) is 3.52. The second kappa shape index (κ2) is 7.58. The van der Waals surface area contributed by atoms with Gasteiger partial charge in [-0.3, -0.25) is 9.59 Å². The molecule has 1 atom stereocenters. The molecular formula is C19H30N4O2. The molecule has 1 aliphatic carbocycles. The minimum Gasteiger partial charge on any atom is -0.353 e. The van der Waals surface area contributed by atoms with Crippen LogP contribution in [0.1, 0.15) is 70.4 Å². The molecule has 0 saturated heterocycles. The van der Waals surface area contributed by atoms with Crippen molar-refractivity contribution in [3.63, 3.8) is 0 Å². The topological polar surface area (TPSA) is 67.2 Å². The van der Waals surface area contributed by atoms with Gasteiger partial charge in [-0.05, 0) is 38.5 Å². The van der Waals surface area contributed by atoms with Crippen LogP contribution in [0, 0.1) is 5.92 Å². The van der Waals surface area contributed by atoms with Crippen molar-refractivity contribution in [1.82, 2.24) is 19.8 Å². The molecule has 1 unspecified atom stereocenters. The molecular weight excluding hydrogens is 316 g/mol. The van der Waals surface area contributed by atoms with Gasteiger partial charge in [-0.25, -0.2) is 4.98 Å². The van der Waals surface area contributed by atoms with Crippen LogP contribution < -0.4 is 5.32 Å². The fraction of sp³-hybridized carbons (Fsp3) is 0.737. The first kappa shape index (κ1) is 18.0. The van der Waals surface area contributed by atoms with Crippen LogP contribution in [0.4, 0.5) is 0 Å². The Kier molecular flexibility index (Phi) is 5.45. The molecule has 0 spiro atoms. The first-order valence-corrected chi connectivity index (χ1v) is 9.59. The molecule has 1 N–H and O–H groups in total. The van der Waals surface area contributed by atoms with Crippen molar-refractivity contribution in [2.75, 3.05) is 6.54 Å². The summed E-state index contributed by atoms with van der Waals surface area (Å²) in [6, 6.07) is 0.328. The van der Waals surface area contributed by atoms with Gasteiger partial charge in [0.1, 0.15) is 5.82 Å². The molecule has 1 aromatic heterocycles. The molecule has 0 radical (unpaired) electrons. The van der Waals surface area contributed by atoms with E-state index in [0.29, 0.717) is 24.8 Å². The van der Waals surface area contributed by atoms with E-state index in [-0.39, 0.29) is 17.9 Å². The Labute approximate surface area is 150 Å². The summed E-state index contributed by atoms with van der Waals surface area (Å²) in [5.41, 5.74) is 0.801. The number of rotatable bonds is 6. The van der Waals surface area contributed by atoms with E-state index in [4.69, 9.17) is 0 Å². The maximum Gasteiger partial charge on any atom is 0.226 e. The SMILES string of the molecule is CC(C)CCC(=O)N1CCn2cc(CC(=O)NC3CCC3)nc2C1C. The van der Waals surface area contributed by atoms with Gasteiger partial charge in [-0.15, -0.1) is 0 Å². The third kappa shape index (κ3) is 4.22. The van der Waals surface area contributed by atoms with Crippen molar-refractivity contribution >= 4 is 11.8 Å². The lowest BCUT2D eigenvalue weighted by atomic mass is 9.93. The molecule has 1 saturated carbocycles. The number of fused-ring (bicyclic) bond motifs is 1. The summed E-state index contributed by atoms with van der Waals surface area (Å²) in [5, 5.41) is 3.06. The summed E-state index contributed by atoms with van der Waals surface area (Å²) in [4.78, 5) is 31.2. The minimum atomic E-state index is -0.0307. The Morgan fingerprint density at radius 1 is 1.32 bits per heavy atom. The zero-order valence-corrected chi connectivity index (χ0v) is 15.6. The largest absolute Gasteiger partial charge is 0.353 e. The van der Waals surface area contributed by atoms with Crippen LogP contribution in [0.25, 0.3) is 0 Å². The number of aromatic nitrogens is 2. The van der Waals surface area contributed by atoms with Crippen molar-refractivity contribution in [3.8, 4) is 0 Å². The van der Waals surface area contributed by atoms with Crippen LogP contribution in [0.5, 0.6) is 0 Å². The molecule has 1 aliphatic heterocycles. The summed E-state index contributed by atoms with van der Waals surface area (Å²) >= 11 is 0. The number of nitrogens with zero attached hydrogens (tertiary/aromatic N) is 3. The van der Waals surface area contributed by atoms with Gasteiger partial charge >= 0.3 is 0 Å². The number of hydrogen-bond donors (Lipinski definition) is 1. The number of imidazole rings is 1. The van der Waals surface area contributed by atoms with Crippen molar-refractivity contribution in [2.45, 2.75) is 77.9 Å². The standard InChI is InChI=1S/C19H30N4O2/c1-13(2)7-8-18(25)23-10-9-22-12-16(21-19(22)14(23)3)11-17(24)20-15-5-4-6-15/h12-15H,4-11H2,1-3H3,(H,20,24). The number of amides is 2. The van der Waals surface area contributed by atoms with Gasteiger partial charge in [0.2, 0.25) is 11.8 Å². The highest BCUT2D eigenvalue weighted by Gasteiger charge is 2.30. The van der Waals surface area contributed by atoms with Gasteiger partial charge in [-0.1, -0.05) is 13.8 Å². The highest BCUT2D eigenvalue weighted by atomic mass is 16.2. The Hall–Kier alpha value is -1.85. The lowest BCUT2D eigenvalue weighted by Gasteiger charge is -2.34. The summed E-state index contributed by atoms with van der Waals surface area (Å²) in [7, 11) is 0. The van der Waals surface area contributed by atoms with Gasteiger partial charge in [0, 0.05) is 31.7 Å². The quantitative estimate of drug-likeness (QED) is 0.860. The van der Waals surface area contributed by atoms with Crippen molar-refractivity contribution in [3.05, 3.63) is 17.7 Å². The molecule has 6 heteroatoms. The maximum atomic E-state index is 12.5. The van der Waals surface area contributed by atoms with E-state index in [2.05, 4.69) is 28.7 Å². The average Bonchev–Trinajstić information content (AvgIpc) is 2.92. The normalized spacial score (nSPS) is 20.3. The van der Waals surface area contributed by atoms with E-state index in [9.17, 15) is 9.59 Å². The molecule has 1 aromatic rings. The first-order chi connectivity index (χ1) is 11.9. The van der Waals surface area contributed by atoms with Crippen LogP contribution in [-0.2, 0) is 22.6 Å². The van der Waals surface area contributed by atoms with E-state index in [1.54, 1.807) is 0 Å². The van der Waals surface area contributed by atoms with E-state index in [1.807, 2.05) is 18.0 Å². The Morgan fingerprint density at radius 3 is 2.72 bits per heavy atom. The Balaban J connectivity index is 1.61. The molecule has 1 fully saturated rings. The van der Waals surface area contributed by atoms with E-state index in [0.717, 1.165) is 43.9 Å². The average molecular weight is 346 g/mol. The van der Waals surface area contributed by atoms with Crippen LogP contribution in [0.2, 0.25) is 0 Å². The third-order valence-corrected chi connectivity index (χ3v) is 5.35. The number of carbonyl (C=O) groups is 2. The first-order valence-electron chi connectivity index (χ1n) is 9.59. The van der Waals surface area contributed by atoms with Crippen molar-refractivity contribution in [1.29, 1.82) is 0 Å². The predicted octanol–water partition coefficient (Wildman–Crippen LogP) is 2.43. The van der Waals surface area contributed by atoms with Crippen LogP contribution >= 0.6 is 0 Å². The minimum absolute atomic E-state index is 0.0307. The van der Waals surface area contributed by atoms with Gasteiger partial charge < -0.3 is 14.8 Å². The van der Waals surface area contributed by atoms with Crippen LogP contribution in [0.3, 0.4) is 0 Å². The molecule has 6 nitrogen and oxygen atoms in total. The molecule has 25 heavy (non-hydrogen) atoms. The molecule has 2 heterocycles. The molecule has 2 amide bonds. The zero-order valence-electron chi connectivity index (χ0n) is 15.6. The van der Waals surface area contributed by atoms with Crippen molar-refractivity contribution < 1.29 is 9.59 Å². The van der Waals surface area contributed by atoms with E-state index < -0.39 is 0 Å².